The largest absolute Gasteiger partial charge is 0.369 e. The number of amides is 2. The second kappa shape index (κ2) is 11.0. The quantitative estimate of drug-likeness (QED) is 0.619. The summed E-state index contributed by atoms with van der Waals surface area (Å²) in [5.74, 6) is -0.0235. The molecule has 0 atom stereocenters. The summed E-state index contributed by atoms with van der Waals surface area (Å²) in [6.45, 7) is 8.25. The molecule has 0 saturated carbocycles. The Labute approximate surface area is 176 Å². The Morgan fingerprint density at radius 2 is 1.90 bits per heavy atom. The van der Waals surface area contributed by atoms with E-state index in [-0.39, 0.29) is 11.8 Å². The molecule has 0 unspecified atom stereocenters. The number of thiophene rings is 1. The van der Waals surface area contributed by atoms with Crippen molar-refractivity contribution in [2.45, 2.75) is 19.8 Å². The van der Waals surface area contributed by atoms with Crippen LogP contribution in [0.5, 0.6) is 0 Å². The van der Waals surface area contributed by atoms with E-state index < -0.39 is 0 Å². The summed E-state index contributed by atoms with van der Waals surface area (Å²) in [6, 6.07) is 10.4. The van der Waals surface area contributed by atoms with Crippen LogP contribution >= 0.6 is 11.3 Å². The zero-order chi connectivity index (χ0) is 20.5. The molecule has 1 aromatic heterocycles. The van der Waals surface area contributed by atoms with Crippen LogP contribution in [0.2, 0.25) is 0 Å². The van der Waals surface area contributed by atoms with Gasteiger partial charge in [-0.2, -0.15) is 11.3 Å². The molecule has 6 nitrogen and oxygen atoms in total. The van der Waals surface area contributed by atoms with Crippen molar-refractivity contribution in [3.05, 3.63) is 52.2 Å². The van der Waals surface area contributed by atoms with E-state index in [2.05, 4.69) is 51.6 Å². The average Bonchev–Trinajstić information content (AvgIpc) is 3.27. The summed E-state index contributed by atoms with van der Waals surface area (Å²) in [5.41, 5.74) is 3.27. The van der Waals surface area contributed by atoms with Gasteiger partial charge in [0.2, 0.25) is 5.91 Å². The number of hydrogen-bond acceptors (Lipinski definition) is 5. The van der Waals surface area contributed by atoms with Crippen LogP contribution < -0.4 is 15.5 Å². The van der Waals surface area contributed by atoms with E-state index in [0.717, 1.165) is 32.7 Å². The highest BCUT2D eigenvalue weighted by Crippen LogP contribution is 2.17. The number of nitrogens with zero attached hydrogens (tertiary/aromatic N) is 2. The maximum Gasteiger partial charge on any atom is 0.252 e. The molecule has 1 saturated heterocycles. The summed E-state index contributed by atoms with van der Waals surface area (Å²) in [4.78, 5) is 28.6. The van der Waals surface area contributed by atoms with E-state index in [1.165, 1.54) is 22.6 Å². The third kappa shape index (κ3) is 6.87. The predicted octanol–water partition coefficient (Wildman–Crippen LogP) is 2.50. The Hall–Kier alpha value is -2.38. The molecule has 2 heterocycles. The molecule has 2 amide bonds. The van der Waals surface area contributed by atoms with Crippen LogP contribution in [0.25, 0.3) is 0 Å². The summed E-state index contributed by atoms with van der Waals surface area (Å²) < 4.78 is 0. The van der Waals surface area contributed by atoms with Crippen LogP contribution in [-0.4, -0.2) is 62.5 Å². The van der Waals surface area contributed by atoms with Crippen LogP contribution in [0.15, 0.2) is 41.1 Å². The van der Waals surface area contributed by atoms with Gasteiger partial charge < -0.3 is 15.5 Å². The van der Waals surface area contributed by atoms with Gasteiger partial charge in [0.05, 0.1) is 0 Å². The van der Waals surface area contributed by atoms with Gasteiger partial charge in [-0.05, 0) is 42.5 Å². The number of nitrogens with one attached hydrogen (secondary N) is 2. The maximum atomic E-state index is 12.0. The first kappa shape index (κ1) is 21.3. The van der Waals surface area contributed by atoms with E-state index in [1.54, 1.807) is 6.07 Å². The predicted molar refractivity (Wildman–Crippen MR) is 119 cm³/mol. The molecule has 1 aliphatic heterocycles. The lowest BCUT2D eigenvalue weighted by Gasteiger charge is -2.36. The van der Waals surface area contributed by atoms with Crippen molar-refractivity contribution in [1.82, 2.24) is 15.5 Å². The van der Waals surface area contributed by atoms with Gasteiger partial charge in [-0.25, -0.2) is 0 Å². The van der Waals surface area contributed by atoms with Crippen LogP contribution in [0.4, 0.5) is 5.69 Å². The fraction of sp³-hybridized carbons (Fsp3) is 0.455. The third-order valence-corrected chi connectivity index (χ3v) is 5.82. The first-order valence-corrected chi connectivity index (χ1v) is 11.2. The van der Waals surface area contributed by atoms with Gasteiger partial charge in [0.25, 0.3) is 5.91 Å². The summed E-state index contributed by atoms with van der Waals surface area (Å²) in [5, 5.41) is 9.54. The van der Waals surface area contributed by atoms with Gasteiger partial charge in [-0.1, -0.05) is 12.1 Å². The maximum absolute atomic E-state index is 12.0. The van der Waals surface area contributed by atoms with Gasteiger partial charge in [0.1, 0.15) is 0 Å². The van der Waals surface area contributed by atoms with Crippen molar-refractivity contribution in [1.29, 1.82) is 0 Å². The number of benzene rings is 1. The second-order valence-corrected chi connectivity index (χ2v) is 8.17. The standard InChI is InChI=1S/C22H30N4O2S/c1-18-4-2-5-20(16-18)26-13-11-25(12-14-26)10-9-23-21(27)6-3-8-24-22(28)19-7-15-29-17-19/h2,4-5,7,15-17H,3,6,8-14H2,1H3,(H,23,27)(H,24,28). The summed E-state index contributed by atoms with van der Waals surface area (Å²) >= 11 is 1.50. The van der Waals surface area contributed by atoms with Gasteiger partial charge in [-0.3, -0.25) is 14.5 Å². The highest BCUT2D eigenvalue weighted by Gasteiger charge is 2.17. The smallest absolute Gasteiger partial charge is 0.252 e. The molecule has 7 heteroatoms. The number of carbonyl (C=O) groups excluding carboxylic acids is 2. The Kier molecular flexibility index (Phi) is 8.07. The topological polar surface area (TPSA) is 64.7 Å². The molecule has 1 aromatic carbocycles. The number of aryl methyl sites for hydroxylation is 1. The SMILES string of the molecule is Cc1cccc(N2CCN(CCNC(=O)CCCNC(=O)c3ccsc3)CC2)c1. The number of rotatable bonds is 9. The summed E-state index contributed by atoms with van der Waals surface area (Å²) in [6.07, 6.45) is 1.09. The molecule has 0 bridgehead atoms. The lowest BCUT2D eigenvalue weighted by molar-refractivity contribution is -0.121. The van der Waals surface area contributed by atoms with E-state index in [4.69, 9.17) is 0 Å². The number of carbonyl (C=O) groups is 2. The highest BCUT2D eigenvalue weighted by atomic mass is 32.1. The fourth-order valence-electron chi connectivity index (χ4n) is 3.44. The van der Waals surface area contributed by atoms with Crippen LogP contribution in [0.1, 0.15) is 28.8 Å². The van der Waals surface area contributed by atoms with E-state index in [1.807, 2.05) is 10.8 Å². The van der Waals surface area contributed by atoms with Crippen molar-refractivity contribution < 1.29 is 9.59 Å². The minimum Gasteiger partial charge on any atom is -0.369 e. The molecule has 156 valence electrons. The van der Waals surface area contributed by atoms with Crippen molar-refractivity contribution in [3.8, 4) is 0 Å². The Morgan fingerprint density at radius 1 is 1.07 bits per heavy atom. The van der Waals surface area contributed by atoms with Gasteiger partial charge in [-0.15, -0.1) is 0 Å². The zero-order valence-electron chi connectivity index (χ0n) is 17.0. The zero-order valence-corrected chi connectivity index (χ0v) is 17.8. The van der Waals surface area contributed by atoms with E-state index in [0.29, 0.717) is 31.5 Å². The van der Waals surface area contributed by atoms with Gasteiger partial charge >= 0.3 is 0 Å². The lowest BCUT2D eigenvalue weighted by atomic mass is 10.2. The van der Waals surface area contributed by atoms with Crippen molar-refractivity contribution >= 4 is 28.8 Å². The average molecular weight is 415 g/mol. The normalized spacial score (nSPS) is 14.6. The van der Waals surface area contributed by atoms with E-state index >= 15 is 0 Å². The molecular weight excluding hydrogens is 384 g/mol. The molecule has 2 aromatic rings. The Balaban J connectivity index is 1.24. The third-order valence-electron chi connectivity index (χ3n) is 5.14. The molecule has 0 spiro atoms. The second-order valence-electron chi connectivity index (χ2n) is 7.39. The number of piperazine rings is 1. The van der Waals surface area contributed by atoms with Crippen LogP contribution in [-0.2, 0) is 4.79 Å². The minimum absolute atomic E-state index is 0.0492. The first-order chi connectivity index (χ1) is 14.1. The van der Waals surface area contributed by atoms with Gasteiger partial charge in [0, 0.05) is 68.9 Å². The first-order valence-electron chi connectivity index (χ1n) is 10.2. The van der Waals surface area contributed by atoms with Crippen LogP contribution in [0.3, 0.4) is 0 Å². The molecule has 29 heavy (non-hydrogen) atoms. The van der Waals surface area contributed by atoms with Crippen molar-refractivity contribution in [3.63, 3.8) is 0 Å². The van der Waals surface area contributed by atoms with Crippen LogP contribution in [0, 0.1) is 6.92 Å². The Morgan fingerprint density at radius 3 is 2.62 bits per heavy atom. The molecule has 0 aliphatic carbocycles. The fourth-order valence-corrected chi connectivity index (χ4v) is 4.08. The monoisotopic (exact) mass is 414 g/mol. The molecule has 3 rings (SSSR count). The van der Waals surface area contributed by atoms with Crippen molar-refractivity contribution in [2.24, 2.45) is 0 Å². The van der Waals surface area contributed by atoms with Crippen molar-refractivity contribution in [2.75, 3.05) is 50.7 Å². The molecule has 1 aliphatic rings. The summed E-state index contributed by atoms with van der Waals surface area (Å²) in [7, 11) is 0. The minimum atomic E-state index is -0.0727. The van der Waals surface area contributed by atoms with Gasteiger partial charge in [0.15, 0.2) is 0 Å². The highest BCUT2D eigenvalue weighted by molar-refractivity contribution is 7.08. The molecule has 2 N–H and O–H groups in total. The number of anilines is 1. The lowest BCUT2D eigenvalue weighted by Crippen LogP contribution is -2.48. The van der Waals surface area contributed by atoms with E-state index in [9.17, 15) is 9.59 Å². The Bertz CT molecular complexity index is 786. The number of hydrogen-bond donors (Lipinski definition) is 2. The molecule has 0 radical (unpaired) electrons. The molecular formula is C22H30N4O2S. The molecule has 1 fully saturated rings.